The van der Waals surface area contributed by atoms with E-state index < -0.39 is 0 Å². The fraction of sp³-hybridized carbons (Fsp3) is 0.778. The van der Waals surface area contributed by atoms with Crippen LogP contribution in [0.15, 0.2) is 17.3 Å². The van der Waals surface area contributed by atoms with E-state index in [1.54, 1.807) is 0 Å². The number of hydrogen-bond acceptors (Lipinski definition) is 2. The van der Waals surface area contributed by atoms with Crippen LogP contribution >= 0.6 is 0 Å². The van der Waals surface area contributed by atoms with E-state index in [2.05, 4.69) is 38.6 Å². The minimum absolute atomic E-state index is 0.116. The molecule has 2 heteroatoms. The average Bonchev–Trinajstić information content (AvgIpc) is 2.46. The number of allylic oxidation sites excluding steroid dienone is 1. The molecule has 0 aliphatic rings. The minimum Gasteiger partial charge on any atom is -0.299 e. The summed E-state index contributed by atoms with van der Waals surface area (Å²) < 4.78 is 0. The molecular weight excluding hydrogens is 246 g/mol. The van der Waals surface area contributed by atoms with E-state index in [0.717, 1.165) is 31.4 Å². The highest BCUT2D eigenvalue weighted by Gasteiger charge is 2.16. The van der Waals surface area contributed by atoms with Crippen LogP contribution in [-0.4, -0.2) is 12.0 Å². The number of carbonyl (C=O) groups is 1. The van der Waals surface area contributed by atoms with Crippen LogP contribution in [0.3, 0.4) is 0 Å². The molecule has 2 atom stereocenters. The number of ketones is 1. The summed E-state index contributed by atoms with van der Waals surface area (Å²) in [4.78, 5) is 16.4. The van der Waals surface area contributed by atoms with Crippen molar-refractivity contribution in [1.29, 1.82) is 0 Å². The van der Waals surface area contributed by atoms with Crippen LogP contribution in [0.25, 0.3) is 0 Å². The lowest BCUT2D eigenvalue weighted by Gasteiger charge is -2.14. The van der Waals surface area contributed by atoms with Gasteiger partial charge in [0.05, 0.1) is 0 Å². The number of aliphatic imine (C=N–C) groups is 1. The predicted molar refractivity (Wildman–Crippen MR) is 89.3 cm³/mol. The maximum Gasteiger partial charge on any atom is 0.136 e. The highest BCUT2D eigenvalue weighted by atomic mass is 16.1. The van der Waals surface area contributed by atoms with Gasteiger partial charge in [-0.15, -0.1) is 0 Å². The molecule has 0 saturated heterocycles. The van der Waals surface area contributed by atoms with Crippen molar-refractivity contribution in [3.05, 3.63) is 12.3 Å². The fourth-order valence-corrected chi connectivity index (χ4v) is 2.41. The van der Waals surface area contributed by atoms with Gasteiger partial charge < -0.3 is 0 Å². The lowest BCUT2D eigenvalue weighted by molar-refractivity contribution is -0.122. The summed E-state index contributed by atoms with van der Waals surface area (Å²) in [5, 5.41) is 0. The van der Waals surface area contributed by atoms with E-state index in [0.29, 0.717) is 18.1 Å². The Labute approximate surface area is 125 Å². The molecule has 2 nitrogen and oxygen atoms in total. The monoisotopic (exact) mass is 279 g/mol. The first-order chi connectivity index (χ1) is 9.58. The van der Waals surface area contributed by atoms with E-state index in [1.807, 2.05) is 6.92 Å². The van der Waals surface area contributed by atoms with Crippen LogP contribution in [0, 0.1) is 11.8 Å². The maximum absolute atomic E-state index is 11.9. The van der Waals surface area contributed by atoms with Crippen LogP contribution in [0.4, 0.5) is 0 Å². The smallest absolute Gasteiger partial charge is 0.136 e. The first-order valence-electron chi connectivity index (χ1n) is 8.33. The van der Waals surface area contributed by atoms with Crippen molar-refractivity contribution in [3.63, 3.8) is 0 Å². The molecule has 116 valence electrons. The minimum atomic E-state index is 0.116. The van der Waals surface area contributed by atoms with E-state index in [9.17, 15) is 4.79 Å². The van der Waals surface area contributed by atoms with Gasteiger partial charge >= 0.3 is 0 Å². The maximum atomic E-state index is 11.9. The molecule has 0 rings (SSSR count). The van der Waals surface area contributed by atoms with E-state index in [-0.39, 0.29) is 5.92 Å². The molecule has 0 aromatic rings. The number of rotatable bonds is 12. The van der Waals surface area contributed by atoms with Crippen molar-refractivity contribution in [3.8, 4) is 0 Å². The van der Waals surface area contributed by atoms with Crippen LogP contribution in [-0.2, 0) is 4.79 Å². The number of unbranched alkanes of at least 4 members (excludes halogenated alkanes) is 1. The van der Waals surface area contributed by atoms with Crippen LogP contribution in [0.5, 0.6) is 0 Å². The Morgan fingerprint density at radius 2 is 1.85 bits per heavy atom. The molecule has 0 fully saturated rings. The van der Waals surface area contributed by atoms with Crippen molar-refractivity contribution in [2.75, 3.05) is 0 Å². The first kappa shape index (κ1) is 19.1. The zero-order valence-electron chi connectivity index (χ0n) is 14.0. The van der Waals surface area contributed by atoms with Gasteiger partial charge in [-0.1, -0.05) is 53.5 Å². The summed E-state index contributed by atoms with van der Waals surface area (Å²) in [6, 6.07) is 0. The third-order valence-electron chi connectivity index (χ3n) is 3.84. The number of Topliss-reactive ketones (excluding diaryl/α,β-unsaturated/α-hetero) is 1. The van der Waals surface area contributed by atoms with Crippen molar-refractivity contribution < 1.29 is 4.79 Å². The lowest BCUT2D eigenvalue weighted by Crippen LogP contribution is -2.14. The molecule has 0 bridgehead atoms. The molecule has 0 aliphatic heterocycles. The van der Waals surface area contributed by atoms with Gasteiger partial charge in [0.15, 0.2) is 0 Å². The zero-order valence-corrected chi connectivity index (χ0v) is 14.0. The molecule has 0 heterocycles. The van der Waals surface area contributed by atoms with Crippen LogP contribution in [0.1, 0.15) is 79.1 Å². The molecule has 0 radical (unpaired) electrons. The van der Waals surface area contributed by atoms with Gasteiger partial charge in [0.1, 0.15) is 5.78 Å². The van der Waals surface area contributed by atoms with Gasteiger partial charge in [-0.2, -0.15) is 0 Å². The number of hydrogen-bond donors (Lipinski definition) is 0. The third-order valence-corrected chi connectivity index (χ3v) is 3.84. The molecule has 0 spiro atoms. The summed E-state index contributed by atoms with van der Waals surface area (Å²) in [5.74, 6) is 1.02. The van der Waals surface area contributed by atoms with Crippen molar-refractivity contribution in [2.24, 2.45) is 16.8 Å². The normalized spacial score (nSPS) is 14.4. The highest BCUT2D eigenvalue weighted by Crippen LogP contribution is 2.20. The van der Waals surface area contributed by atoms with E-state index >= 15 is 0 Å². The Bertz CT molecular complexity index is 307. The highest BCUT2D eigenvalue weighted by molar-refractivity contribution is 5.81. The quantitative estimate of drug-likeness (QED) is 0.429. The van der Waals surface area contributed by atoms with Crippen molar-refractivity contribution >= 4 is 12.0 Å². The van der Waals surface area contributed by atoms with Crippen molar-refractivity contribution in [2.45, 2.75) is 79.1 Å². The SMILES string of the molecule is C=C(CC(CCC)C(=O)CC)N=CC(CC)CCCC. The lowest BCUT2D eigenvalue weighted by atomic mass is 9.92. The largest absolute Gasteiger partial charge is 0.299 e. The summed E-state index contributed by atoms with van der Waals surface area (Å²) in [6.07, 6.45) is 10.2. The summed E-state index contributed by atoms with van der Waals surface area (Å²) in [7, 11) is 0. The number of carbonyl (C=O) groups excluding carboxylic acids is 1. The van der Waals surface area contributed by atoms with Gasteiger partial charge in [-0.05, 0) is 31.6 Å². The second-order valence-electron chi connectivity index (χ2n) is 5.66. The second-order valence-corrected chi connectivity index (χ2v) is 5.66. The molecular formula is C18H33NO. The van der Waals surface area contributed by atoms with Gasteiger partial charge in [0, 0.05) is 24.3 Å². The Morgan fingerprint density at radius 1 is 1.15 bits per heavy atom. The van der Waals surface area contributed by atoms with Gasteiger partial charge in [-0.3, -0.25) is 9.79 Å². The Morgan fingerprint density at radius 3 is 2.35 bits per heavy atom. The Hall–Kier alpha value is -0.920. The predicted octanol–water partition coefficient (Wildman–Crippen LogP) is 5.57. The molecule has 0 aromatic heterocycles. The molecule has 0 aromatic carbocycles. The van der Waals surface area contributed by atoms with Gasteiger partial charge in [0.2, 0.25) is 0 Å². The van der Waals surface area contributed by atoms with Crippen LogP contribution in [0.2, 0.25) is 0 Å². The van der Waals surface area contributed by atoms with Gasteiger partial charge in [0.25, 0.3) is 0 Å². The standard InChI is InChI=1S/C18H33NO/c1-6-10-12-16(8-3)14-19-15(5)13-17(11-7-2)18(20)9-4/h14,16-17H,5-13H2,1-4H3. The Kier molecular flexibility index (Phi) is 11.3. The molecule has 0 amide bonds. The summed E-state index contributed by atoms with van der Waals surface area (Å²) in [6.45, 7) is 12.5. The van der Waals surface area contributed by atoms with E-state index in [1.165, 1.54) is 19.3 Å². The van der Waals surface area contributed by atoms with E-state index in [4.69, 9.17) is 0 Å². The fourth-order valence-electron chi connectivity index (χ4n) is 2.41. The molecule has 0 N–H and O–H groups in total. The number of nitrogens with zero attached hydrogens (tertiary/aromatic N) is 1. The van der Waals surface area contributed by atoms with Crippen LogP contribution < -0.4 is 0 Å². The van der Waals surface area contributed by atoms with Crippen molar-refractivity contribution in [1.82, 2.24) is 0 Å². The summed E-state index contributed by atoms with van der Waals surface area (Å²) >= 11 is 0. The Balaban J connectivity index is 4.38. The topological polar surface area (TPSA) is 29.4 Å². The molecule has 20 heavy (non-hydrogen) atoms. The molecule has 0 aliphatic carbocycles. The molecule has 0 saturated carbocycles. The average molecular weight is 279 g/mol. The zero-order chi connectivity index (χ0) is 15.4. The first-order valence-corrected chi connectivity index (χ1v) is 8.33. The third kappa shape index (κ3) is 8.29. The second kappa shape index (κ2) is 11.9. The summed E-state index contributed by atoms with van der Waals surface area (Å²) in [5.41, 5.74) is 0.861. The van der Waals surface area contributed by atoms with Gasteiger partial charge in [-0.25, -0.2) is 0 Å². The molecule has 2 unspecified atom stereocenters.